The fourth-order valence-electron chi connectivity index (χ4n) is 4.36. The molecule has 35 heavy (non-hydrogen) atoms. The Hall–Kier alpha value is -4.20. The zero-order chi connectivity index (χ0) is 24.9. The highest BCUT2D eigenvalue weighted by Gasteiger charge is 2.30. The van der Waals surface area contributed by atoms with Crippen LogP contribution in [-0.2, 0) is 9.53 Å². The number of hydrogen-bond donors (Lipinski definition) is 3. The van der Waals surface area contributed by atoms with Gasteiger partial charge in [-0.05, 0) is 46.9 Å². The van der Waals surface area contributed by atoms with Gasteiger partial charge in [0.2, 0.25) is 5.91 Å². The molecule has 0 unspecified atom stereocenters. The predicted molar refractivity (Wildman–Crippen MR) is 129 cm³/mol. The molecule has 0 bridgehead atoms. The first kappa shape index (κ1) is 23.9. The van der Waals surface area contributed by atoms with Crippen molar-refractivity contribution >= 4 is 23.7 Å². The van der Waals surface area contributed by atoms with E-state index in [2.05, 4.69) is 10.6 Å². The summed E-state index contributed by atoms with van der Waals surface area (Å²) in [7, 11) is 0. The first-order valence-corrected chi connectivity index (χ1v) is 11.3. The number of carboxylic acids is 1. The molecule has 0 saturated carbocycles. The van der Waals surface area contributed by atoms with Crippen LogP contribution in [0.5, 0.6) is 0 Å². The van der Waals surface area contributed by atoms with Crippen LogP contribution < -0.4 is 10.6 Å². The molecule has 180 valence electrons. The van der Waals surface area contributed by atoms with E-state index in [-0.39, 0.29) is 23.8 Å². The van der Waals surface area contributed by atoms with Gasteiger partial charge in [-0.15, -0.1) is 0 Å². The van der Waals surface area contributed by atoms with E-state index in [1.807, 2.05) is 55.5 Å². The first-order valence-electron chi connectivity index (χ1n) is 11.3. The SMILES string of the molecule is CCC[C@H](NC(=O)OCC1c2ccccc2-c2ccccc21)C(=O)Nc1ccc(F)cc1C(=O)O. The molecular formula is C27H25FN2O5. The molecule has 0 heterocycles. The van der Waals surface area contributed by atoms with Gasteiger partial charge in [-0.3, -0.25) is 4.79 Å². The Balaban J connectivity index is 1.43. The molecule has 1 aliphatic rings. The van der Waals surface area contributed by atoms with Crippen LogP contribution in [0.15, 0.2) is 66.7 Å². The number of carboxylic acid groups (broad SMARTS) is 1. The van der Waals surface area contributed by atoms with Crippen molar-refractivity contribution in [2.24, 2.45) is 0 Å². The summed E-state index contributed by atoms with van der Waals surface area (Å²) in [6, 6.07) is 18.0. The summed E-state index contributed by atoms with van der Waals surface area (Å²) in [4.78, 5) is 36.9. The van der Waals surface area contributed by atoms with Crippen LogP contribution in [0.1, 0.15) is 47.2 Å². The summed E-state index contributed by atoms with van der Waals surface area (Å²) in [5, 5.41) is 14.3. The second-order valence-electron chi connectivity index (χ2n) is 8.30. The van der Waals surface area contributed by atoms with Crippen LogP contribution in [0.3, 0.4) is 0 Å². The Labute approximate surface area is 201 Å². The number of ether oxygens (including phenoxy) is 1. The summed E-state index contributed by atoms with van der Waals surface area (Å²) in [5.41, 5.74) is 3.92. The van der Waals surface area contributed by atoms with Crippen LogP contribution in [0.2, 0.25) is 0 Å². The van der Waals surface area contributed by atoms with E-state index in [0.717, 1.165) is 34.4 Å². The van der Waals surface area contributed by atoms with Crippen LogP contribution in [-0.4, -0.2) is 35.7 Å². The number of anilines is 1. The lowest BCUT2D eigenvalue weighted by Crippen LogP contribution is -2.44. The summed E-state index contributed by atoms with van der Waals surface area (Å²) >= 11 is 0. The topological polar surface area (TPSA) is 105 Å². The lowest BCUT2D eigenvalue weighted by Gasteiger charge is -2.20. The number of rotatable bonds is 8. The third-order valence-corrected chi connectivity index (χ3v) is 6.00. The molecule has 7 nitrogen and oxygen atoms in total. The smallest absolute Gasteiger partial charge is 0.407 e. The Kier molecular flexibility index (Phi) is 7.10. The third-order valence-electron chi connectivity index (χ3n) is 6.00. The van der Waals surface area contributed by atoms with Crippen molar-refractivity contribution < 1.29 is 28.6 Å². The number of hydrogen-bond acceptors (Lipinski definition) is 4. The molecule has 0 spiro atoms. The number of nitrogens with one attached hydrogen (secondary N) is 2. The number of carbonyl (C=O) groups is 3. The maximum atomic E-state index is 13.4. The molecular weight excluding hydrogens is 451 g/mol. The summed E-state index contributed by atoms with van der Waals surface area (Å²) < 4.78 is 19.0. The van der Waals surface area contributed by atoms with Crippen molar-refractivity contribution in [1.82, 2.24) is 5.32 Å². The molecule has 3 N–H and O–H groups in total. The Morgan fingerprint density at radius 2 is 1.63 bits per heavy atom. The number of alkyl carbamates (subject to hydrolysis) is 1. The fourth-order valence-corrected chi connectivity index (χ4v) is 4.36. The number of amides is 2. The molecule has 8 heteroatoms. The molecule has 1 aliphatic carbocycles. The highest BCUT2D eigenvalue weighted by molar-refractivity contribution is 6.02. The third kappa shape index (κ3) is 5.16. The van der Waals surface area contributed by atoms with Gasteiger partial charge in [0.15, 0.2) is 0 Å². The molecule has 4 rings (SSSR count). The van der Waals surface area contributed by atoms with Crippen molar-refractivity contribution in [2.75, 3.05) is 11.9 Å². The minimum absolute atomic E-state index is 0.0562. The van der Waals surface area contributed by atoms with Gasteiger partial charge in [0.1, 0.15) is 18.5 Å². The van der Waals surface area contributed by atoms with E-state index >= 15 is 0 Å². The molecule has 0 saturated heterocycles. The van der Waals surface area contributed by atoms with Crippen LogP contribution in [0.25, 0.3) is 11.1 Å². The summed E-state index contributed by atoms with van der Waals surface area (Å²) in [6.07, 6.45) is 0.134. The van der Waals surface area contributed by atoms with Crippen LogP contribution in [0, 0.1) is 5.82 Å². The lowest BCUT2D eigenvalue weighted by molar-refractivity contribution is -0.118. The van der Waals surface area contributed by atoms with Gasteiger partial charge in [-0.25, -0.2) is 14.0 Å². The second-order valence-corrected chi connectivity index (χ2v) is 8.30. The zero-order valence-corrected chi connectivity index (χ0v) is 19.1. The predicted octanol–water partition coefficient (Wildman–Crippen LogP) is 5.17. The summed E-state index contributed by atoms with van der Waals surface area (Å²) in [5.74, 6) is -2.85. The number of carbonyl (C=O) groups excluding carboxylic acids is 2. The fraction of sp³-hybridized carbons (Fsp3) is 0.222. The molecule has 3 aromatic carbocycles. The van der Waals surface area contributed by atoms with Gasteiger partial charge < -0.3 is 20.5 Å². The quantitative estimate of drug-likeness (QED) is 0.416. The molecule has 2 amide bonds. The standard InChI is InChI=1S/C27H25FN2O5/c1-2-7-24(25(31)29-23-13-12-16(28)14-21(23)26(32)33)30-27(34)35-15-22-19-10-5-3-8-17(19)18-9-4-6-11-20(18)22/h3-6,8-14,22,24H,2,7,15H2,1H3,(H,29,31)(H,30,34)(H,32,33)/t24-/m0/s1. The monoisotopic (exact) mass is 476 g/mol. The average molecular weight is 477 g/mol. The molecule has 3 aromatic rings. The summed E-state index contributed by atoms with van der Waals surface area (Å²) in [6.45, 7) is 1.95. The van der Waals surface area contributed by atoms with Gasteiger partial charge in [0.05, 0.1) is 11.3 Å². The normalized spacial score (nSPS) is 12.9. The average Bonchev–Trinajstić information content (AvgIpc) is 3.17. The van der Waals surface area contributed by atoms with E-state index in [9.17, 15) is 23.9 Å². The molecule has 1 atom stereocenters. The highest BCUT2D eigenvalue weighted by atomic mass is 19.1. The lowest BCUT2D eigenvalue weighted by atomic mass is 9.98. The van der Waals surface area contributed by atoms with E-state index in [4.69, 9.17) is 4.74 Å². The van der Waals surface area contributed by atoms with Gasteiger partial charge in [0, 0.05) is 5.92 Å². The minimum Gasteiger partial charge on any atom is -0.478 e. The molecule has 0 fully saturated rings. The van der Waals surface area contributed by atoms with Crippen LogP contribution >= 0.6 is 0 Å². The Morgan fingerprint density at radius 1 is 1.00 bits per heavy atom. The van der Waals surface area contributed by atoms with Crippen molar-refractivity contribution in [3.8, 4) is 11.1 Å². The van der Waals surface area contributed by atoms with Crippen LogP contribution in [0.4, 0.5) is 14.9 Å². The van der Waals surface area contributed by atoms with E-state index in [0.29, 0.717) is 12.8 Å². The molecule has 0 aliphatic heterocycles. The maximum Gasteiger partial charge on any atom is 0.407 e. The van der Waals surface area contributed by atoms with Crippen molar-refractivity contribution in [3.05, 3.63) is 89.2 Å². The van der Waals surface area contributed by atoms with Gasteiger partial charge in [-0.1, -0.05) is 61.9 Å². The Bertz CT molecular complexity index is 1230. The first-order chi connectivity index (χ1) is 16.9. The van der Waals surface area contributed by atoms with Crippen molar-refractivity contribution in [3.63, 3.8) is 0 Å². The number of benzene rings is 3. The molecule has 0 aromatic heterocycles. The van der Waals surface area contributed by atoms with Gasteiger partial charge in [0.25, 0.3) is 0 Å². The largest absolute Gasteiger partial charge is 0.478 e. The number of aromatic carboxylic acids is 1. The highest BCUT2D eigenvalue weighted by Crippen LogP contribution is 2.44. The molecule has 0 radical (unpaired) electrons. The second kappa shape index (κ2) is 10.4. The van der Waals surface area contributed by atoms with E-state index in [1.54, 1.807) is 0 Å². The van der Waals surface area contributed by atoms with Crippen molar-refractivity contribution in [1.29, 1.82) is 0 Å². The van der Waals surface area contributed by atoms with Gasteiger partial charge >= 0.3 is 12.1 Å². The van der Waals surface area contributed by atoms with E-state index in [1.165, 1.54) is 6.07 Å². The number of fused-ring (bicyclic) bond motifs is 3. The number of halogens is 1. The maximum absolute atomic E-state index is 13.4. The van der Waals surface area contributed by atoms with E-state index < -0.39 is 29.8 Å². The minimum atomic E-state index is -1.38. The zero-order valence-electron chi connectivity index (χ0n) is 19.1. The van der Waals surface area contributed by atoms with Gasteiger partial charge in [-0.2, -0.15) is 0 Å². The van der Waals surface area contributed by atoms with Crippen molar-refractivity contribution in [2.45, 2.75) is 31.7 Å². The Morgan fingerprint density at radius 3 is 2.23 bits per heavy atom.